The molecule has 28 heavy (non-hydrogen) atoms. The summed E-state index contributed by atoms with van der Waals surface area (Å²) in [6.45, 7) is 6.98. The number of hydrogen-bond acceptors (Lipinski definition) is 8. The number of nitrogens with two attached hydrogens (primary N) is 1. The number of nitrogens with one attached hydrogen (secondary N) is 2. The molecule has 0 saturated carbocycles. The quantitative estimate of drug-likeness (QED) is 0.422. The molecule has 0 amide bonds. The van der Waals surface area contributed by atoms with Gasteiger partial charge in [-0.1, -0.05) is 36.7 Å². The zero-order valence-electron chi connectivity index (χ0n) is 16.1. The highest BCUT2D eigenvalue weighted by molar-refractivity contribution is 6.31. The van der Waals surface area contributed by atoms with E-state index in [0.29, 0.717) is 46.7 Å². The topological polar surface area (TPSA) is 127 Å². The molecular weight excluding hydrogens is 380 g/mol. The molecule has 1 aromatic carbocycles. The second-order valence-corrected chi connectivity index (χ2v) is 7.22. The lowest BCUT2D eigenvalue weighted by atomic mass is 10.1. The summed E-state index contributed by atoms with van der Waals surface area (Å²) in [5.41, 5.74) is 8.59. The third-order valence-electron chi connectivity index (χ3n) is 4.57. The van der Waals surface area contributed by atoms with Gasteiger partial charge >= 0.3 is 0 Å². The van der Waals surface area contributed by atoms with Crippen LogP contribution >= 0.6 is 11.6 Å². The van der Waals surface area contributed by atoms with Crippen LogP contribution in [0.15, 0.2) is 18.2 Å². The number of nitrogen functional groups attached to an aromatic ring is 1. The Hall–Kier alpha value is -2.65. The molecule has 0 aliphatic heterocycles. The van der Waals surface area contributed by atoms with Gasteiger partial charge in [-0.25, -0.2) is 4.68 Å². The van der Waals surface area contributed by atoms with Crippen molar-refractivity contribution in [3.63, 3.8) is 0 Å². The van der Waals surface area contributed by atoms with Crippen LogP contribution in [0, 0.1) is 5.92 Å². The van der Waals surface area contributed by atoms with Crippen LogP contribution in [0.3, 0.4) is 0 Å². The lowest BCUT2D eigenvalue weighted by molar-refractivity contribution is 0.248. The van der Waals surface area contributed by atoms with Gasteiger partial charge in [-0.2, -0.15) is 9.97 Å². The molecule has 9 nitrogen and oxygen atoms in total. The van der Waals surface area contributed by atoms with Gasteiger partial charge in [0.15, 0.2) is 17.0 Å². The van der Waals surface area contributed by atoms with Crippen LogP contribution in [0.2, 0.25) is 5.02 Å². The van der Waals surface area contributed by atoms with Gasteiger partial charge in [0.25, 0.3) is 0 Å². The predicted molar refractivity (Wildman–Crippen MR) is 111 cm³/mol. The minimum Gasteiger partial charge on any atom is -0.398 e. The van der Waals surface area contributed by atoms with Gasteiger partial charge in [0.1, 0.15) is 0 Å². The summed E-state index contributed by atoms with van der Waals surface area (Å²) in [5.74, 6) is 1.12. The van der Waals surface area contributed by atoms with Gasteiger partial charge in [-0.15, -0.1) is 5.10 Å². The molecule has 0 bridgehead atoms. The van der Waals surface area contributed by atoms with E-state index in [1.54, 1.807) is 22.9 Å². The Kier molecular flexibility index (Phi) is 6.15. The van der Waals surface area contributed by atoms with E-state index < -0.39 is 0 Å². The van der Waals surface area contributed by atoms with Gasteiger partial charge in [0.05, 0.1) is 12.6 Å². The molecule has 2 heterocycles. The zero-order valence-corrected chi connectivity index (χ0v) is 16.9. The smallest absolute Gasteiger partial charge is 0.227 e. The van der Waals surface area contributed by atoms with Crippen LogP contribution in [-0.2, 0) is 13.1 Å². The highest BCUT2D eigenvalue weighted by Crippen LogP contribution is 2.25. The monoisotopic (exact) mass is 404 g/mol. The zero-order chi connectivity index (χ0) is 20.3. The molecule has 2 aromatic heterocycles. The molecule has 1 unspecified atom stereocenters. The molecule has 5 N–H and O–H groups in total. The van der Waals surface area contributed by atoms with E-state index in [0.717, 1.165) is 5.56 Å². The van der Waals surface area contributed by atoms with E-state index in [2.05, 4.69) is 30.9 Å². The number of nitrogens with zero attached hydrogens (tertiary/aromatic N) is 5. The minimum atomic E-state index is -0.171. The standard InChI is InChI=1S/C18H25ClN8O/c1-4-27-17-15(25-26-27)16(21-8-11-12(19)6-5-7-13(11)20)23-18(24-17)22-14(9-28)10(2)3/h5-7,10,14,28H,4,8-9,20H2,1-3H3,(H2,21,22,23,24). The van der Waals surface area contributed by atoms with Crippen LogP contribution in [0.5, 0.6) is 0 Å². The summed E-state index contributed by atoms with van der Waals surface area (Å²) in [5, 5.41) is 25.0. The molecule has 150 valence electrons. The molecule has 0 spiro atoms. The van der Waals surface area contributed by atoms with Crippen molar-refractivity contribution in [1.29, 1.82) is 0 Å². The summed E-state index contributed by atoms with van der Waals surface area (Å²) < 4.78 is 1.69. The number of rotatable bonds is 8. The van der Waals surface area contributed by atoms with E-state index in [1.165, 1.54) is 0 Å². The summed E-state index contributed by atoms with van der Waals surface area (Å²) >= 11 is 6.27. The molecule has 10 heteroatoms. The molecule has 1 atom stereocenters. The van der Waals surface area contributed by atoms with E-state index in [-0.39, 0.29) is 18.6 Å². The Balaban J connectivity index is 1.96. The Morgan fingerprint density at radius 3 is 2.71 bits per heavy atom. The number of halogens is 1. The fraction of sp³-hybridized carbons (Fsp3) is 0.444. The third kappa shape index (κ3) is 4.10. The van der Waals surface area contributed by atoms with Crippen molar-refractivity contribution in [1.82, 2.24) is 25.0 Å². The lowest BCUT2D eigenvalue weighted by Crippen LogP contribution is -2.30. The van der Waals surface area contributed by atoms with Crippen molar-refractivity contribution in [2.75, 3.05) is 23.0 Å². The molecule has 0 aliphatic rings. The Bertz CT molecular complexity index is 938. The van der Waals surface area contributed by atoms with Crippen molar-refractivity contribution in [3.05, 3.63) is 28.8 Å². The number of benzene rings is 1. The molecular formula is C18H25ClN8O. The first-order valence-corrected chi connectivity index (χ1v) is 9.57. The van der Waals surface area contributed by atoms with Crippen LogP contribution in [0.4, 0.5) is 17.5 Å². The summed E-state index contributed by atoms with van der Waals surface area (Å²) in [6, 6.07) is 5.22. The first kappa shape index (κ1) is 20.1. The highest BCUT2D eigenvalue weighted by atomic mass is 35.5. The fourth-order valence-corrected chi connectivity index (χ4v) is 3.03. The SMILES string of the molecule is CCn1nnc2c(NCc3c(N)cccc3Cl)nc(NC(CO)C(C)C)nc21. The second kappa shape index (κ2) is 8.57. The summed E-state index contributed by atoms with van der Waals surface area (Å²) in [6.07, 6.45) is 0. The fourth-order valence-electron chi connectivity index (χ4n) is 2.78. The maximum Gasteiger partial charge on any atom is 0.227 e. The Morgan fingerprint density at radius 1 is 1.29 bits per heavy atom. The molecule has 0 radical (unpaired) electrons. The Labute approximate surface area is 168 Å². The van der Waals surface area contributed by atoms with Crippen molar-refractivity contribution in [2.45, 2.75) is 39.9 Å². The van der Waals surface area contributed by atoms with Gasteiger partial charge in [-0.05, 0) is 25.0 Å². The predicted octanol–water partition coefficient (Wildman–Crippen LogP) is 2.52. The lowest BCUT2D eigenvalue weighted by Gasteiger charge is -2.20. The van der Waals surface area contributed by atoms with Gasteiger partial charge in [0.2, 0.25) is 5.95 Å². The number of aliphatic hydroxyl groups is 1. The van der Waals surface area contributed by atoms with Gasteiger partial charge < -0.3 is 21.5 Å². The van der Waals surface area contributed by atoms with Gasteiger partial charge in [0, 0.05) is 29.4 Å². The van der Waals surface area contributed by atoms with Crippen LogP contribution in [0.25, 0.3) is 11.2 Å². The van der Waals surface area contributed by atoms with E-state index >= 15 is 0 Å². The van der Waals surface area contributed by atoms with E-state index in [1.807, 2.05) is 20.8 Å². The van der Waals surface area contributed by atoms with Gasteiger partial charge in [-0.3, -0.25) is 0 Å². The normalized spacial score (nSPS) is 12.5. The van der Waals surface area contributed by atoms with Crippen molar-refractivity contribution < 1.29 is 5.11 Å². The van der Waals surface area contributed by atoms with Crippen molar-refractivity contribution in [3.8, 4) is 0 Å². The van der Waals surface area contributed by atoms with E-state index in [9.17, 15) is 5.11 Å². The first-order valence-electron chi connectivity index (χ1n) is 9.19. The Morgan fingerprint density at radius 2 is 2.07 bits per heavy atom. The second-order valence-electron chi connectivity index (χ2n) is 6.81. The molecule has 0 fully saturated rings. The van der Waals surface area contributed by atoms with Crippen LogP contribution < -0.4 is 16.4 Å². The average Bonchev–Trinajstić information content (AvgIpc) is 3.08. The minimum absolute atomic E-state index is 0.0245. The highest BCUT2D eigenvalue weighted by Gasteiger charge is 2.18. The third-order valence-corrected chi connectivity index (χ3v) is 4.92. The molecule has 3 rings (SSSR count). The first-order chi connectivity index (χ1) is 13.4. The van der Waals surface area contributed by atoms with E-state index in [4.69, 9.17) is 17.3 Å². The average molecular weight is 405 g/mol. The number of aromatic nitrogens is 5. The van der Waals surface area contributed by atoms with Crippen LogP contribution in [0.1, 0.15) is 26.3 Å². The molecule has 0 saturated heterocycles. The molecule has 0 aliphatic carbocycles. The summed E-state index contributed by atoms with van der Waals surface area (Å²) in [4.78, 5) is 9.09. The maximum absolute atomic E-state index is 9.62. The maximum atomic E-state index is 9.62. The number of fused-ring (bicyclic) bond motifs is 1. The number of anilines is 3. The largest absolute Gasteiger partial charge is 0.398 e. The van der Waals surface area contributed by atoms with Crippen LogP contribution in [-0.4, -0.2) is 42.7 Å². The number of aliphatic hydroxyl groups excluding tert-OH is 1. The molecule has 3 aromatic rings. The number of aryl methyl sites for hydroxylation is 1. The number of hydrogen-bond donors (Lipinski definition) is 4. The van der Waals surface area contributed by atoms with Crippen molar-refractivity contribution in [2.24, 2.45) is 5.92 Å². The van der Waals surface area contributed by atoms with Crippen molar-refractivity contribution >= 4 is 40.2 Å². The summed E-state index contributed by atoms with van der Waals surface area (Å²) in [7, 11) is 0.